The van der Waals surface area contributed by atoms with Crippen LogP contribution >= 0.6 is 0 Å². The molecule has 2 heterocycles. The molecule has 6 nitrogen and oxygen atoms in total. The molecule has 0 spiro atoms. The molecule has 0 aliphatic heterocycles. The van der Waals surface area contributed by atoms with Crippen LogP contribution in [-0.4, -0.2) is 31.9 Å². The second kappa shape index (κ2) is 4.79. The number of anilines is 1. The SMILES string of the molecule is O=C(O)c1cnn(C2CC2)c1-c1ccc(NC2CC2)nc1F. The number of aromatic nitrogens is 3. The molecule has 2 saturated carbocycles. The van der Waals surface area contributed by atoms with Crippen molar-refractivity contribution in [2.24, 2.45) is 0 Å². The van der Waals surface area contributed by atoms with Crippen molar-refractivity contribution >= 4 is 11.8 Å². The zero-order valence-corrected chi connectivity index (χ0v) is 11.8. The van der Waals surface area contributed by atoms with Crippen molar-refractivity contribution in [2.45, 2.75) is 37.8 Å². The highest BCUT2D eigenvalue weighted by Gasteiger charge is 2.31. The van der Waals surface area contributed by atoms with Crippen LogP contribution in [0, 0.1) is 5.95 Å². The molecule has 0 bridgehead atoms. The summed E-state index contributed by atoms with van der Waals surface area (Å²) in [5.74, 6) is -1.30. The van der Waals surface area contributed by atoms with Gasteiger partial charge >= 0.3 is 5.97 Å². The molecule has 2 aromatic rings. The van der Waals surface area contributed by atoms with Crippen LogP contribution in [0.3, 0.4) is 0 Å². The van der Waals surface area contributed by atoms with E-state index in [2.05, 4.69) is 15.4 Å². The first-order valence-electron chi connectivity index (χ1n) is 7.37. The molecule has 2 aliphatic carbocycles. The molecule has 4 rings (SSSR count). The quantitative estimate of drug-likeness (QED) is 0.830. The molecule has 2 N–H and O–H groups in total. The lowest BCUT2D eigenvalue weighted by Crippen LogP contribution is -2.07. The summed E-state index contributed by atoms with van der Waals surface area (Å²) >= 11 is 0. The number of halogens is 1. The van der Waals surface area contributed by atoms with Gasteiger partial charge in [-0.25, -0.2) is 9.78 Å². The number of rotatable bonds is 5. The van der Waals surface area contributed by atoms with Gasteiger partial charge in [0.15, 0.2) is 0 Å². The first-order chi connectivity index (χ1) is 10.6. The molecule has 2 fully saturated rings. The molecule has 0 saturated heterocycles. The Bertz CT molecular complexity index is 750. The van der Waals surface area contributed by atoms with E-state index in [4.69, 9.17) is 0 Å². The van der Waals surface area contributed by atoms with Crippen LogP contribution in [0.5, 0.6) is 0 Å². The number of hydrogen-bond acceptors (Lipinski definition) is 4. The predicted octanol–water partition coefficient (Wildman–Crippen LogP) is 2.69. The Hall–Kier alpha value is -2.44. The molecule has 0 aromatic carbocycles. The average Bonchev–Trinajstić information content (AvgIpc) is 3.39. The van der Waals surface area contributed by atoms with Crippen LogP contribution in [0.15, 0.2) is 18.3 Å². The summed E-state index contributed by atoms with van der Waals surface area (Å²) < 4.78 is 16.0. The van der Waals surface area contributed by atoms with Crippen LogP contribution in [0.4, 0.5) is 10.2 Å². The second-order valence-electron chi connectivity index (χ2n) is 5.84. The predicted molar refractivity (Wildman–Crippen MR) is 77.3 cm³/mol. The zero-order chi connectivity index (χ0) is 15.3. The van der Waals surface area contributed by atoms with Gasteiger partial charge in [-0.2, -0.15) is 9.49 Å². The second-order valence-corrected chi connectivity index (χ2v) is 5.84. The third kappa shape index (κ3) is 2.32. The van der Waals surface area contributed by atoms with Crippen LogP contribution in [-0.2, 0) is 0 Å². The zero-order valence-electron chi connectivity index (χ0n) is 11.8. The number of nitrogens with one attached hydrogen (secondary N) is 1. The van der Waals surface area contributed by atoms with Crippen molar-refractivity contribution in [3.63, 3.8) is 0 Å². The normalized spacial score (nSPS) is 17.5. The number of carbonyl (C=O) groups is 1. The fourth-order valence-corrected chi connectivity index (χ4v) is 2.51. The first kappa shape index (κ1) is 13.2. The highest BCUT2D eigenvalue weighted by Crippen LogP contribution is 2.39. The Morgan fingerprint density at radius 2 is 2.09 bits per heavy atom. The largest absolute Gasteiger partial charge is 0.478 e. The number of carboxylic acid groups (broad SMARTS) is 1. The summed E-state index contributed by atoms with van der Waals surface area (Å²) in [6.45, 7) is 0. The Morgan fingerprint density at radius 1 is 1.32 bits per heavy atom. The smallest absolute Gasteiger partial charge is 0.339 e. The van der Waals surface area contributed by atoms with Crippen molar-refractivity contribution in [2.75, 3.05) is 5.32 Å². The highest BCUT2D eigenvalue weighted by atomic mass is 19.1. The molecule has 0 atom stereocenters. The molecular formula is C15H15FN4O2. The summed E-state index contributed by atoms with van der Waals surface area (Å²) in [5.41, 5.74) is 0.497. The number of hydrogen-bond donors (Lipinski definition) is 2. The van der Waals surface area contributed by atoms with Crippen LogP contribution in [0.2, 0.25) is 0 Å². The van der Waals surface area contributed by atoms with Gasteiger partial charge in [-0.05, 0) is 37.8 Å². The number of carboxylic acids is 1. The van der Waals surface area contributed by atoms with Crippen molar-refractivity contribution < 1.29 is 14.3 Å². The summed E-state index contributed by atoms with van der Waals surface area (Å²) in [6, 6.07) is 3.80. The third-order valence-corrected chi connectivity index (χ3v) is 3.95. The maximum absolute atomic E-state index is 14.4. The van der Waals surface area contributed by atoms with Gasteiger partial charge in [0, 0.05) is 6.04 Å². The van der Waals surface area contributed by atoms with E-state index in [9.17, 15) is 14.3 Å². The van der Waals surface area contributed by atoms with Crippen LogP contribution < -0.4 is 5.32 Å². The van der Waals surface area contributed by atoms with Crippen molar-refractivity contribution in [3.8, 4) is 11.3 Å². The lowest BCUT2D eigenvalue weighted by molar-refractivity contribution is 0.0697. The van der Waals surface area contributed by atoms with Crippen molar-refractivity contribution in [3.05, 3.63) is 29.8 Å². The maximum Gasteiger partial charge on any atom is 0.339 e. The first-order valence-corrected chi connectivity index (χ1v) is 7.37. The van der Waals surface area contributed by atoms with Gasteiger partial charge in [0.05, 0.1) is 23.5 Å². The van der Waals surface area contributed by atoms with Gasteiger partial charge < -0.3 is 10.4 Å². The Balaban J connectivity index is 1.77. The summed E-state index contributed by atoms with van der Waals surface area (Å²) in [6.07, 6.45) is 5.30. The van der Waals surface area contributed by atoms with Gasteiger partial charge in [-0.3, -0.25) is 4.68 Å². The monoisotopic (exact) mass is 302 g/mol. The summed E-state index contributed by atoms with van der Waals surface area (Å²) in [4.78, 5) is 15.3. The average molecular weight is 302 g/mol. The van der Waals surface area contributed by atoms with E-state index in [0.29, 0.717) is 17.6 Å². The van der Waals surface area contributed by atoms with Gasteiger partial charge in [0.1, 0.15) is 11.4 Å². The standard InChI is InChI=1S/C15H15FN4O2/c16-14-10(5-6-12(19-14)18-8-1-2-8)13-11(15(21)22)7-17-20(13)9-3-4-9/h5-9H,1-4H2,(H,18,19)(H,21,22). The number of nitrogens with zero attached hydrogens (tertiary/aromatic N) is 3. The maximum atomic E-state index is 14.4. The molecule has 0 amide bonds. The molecule has 0 unspecified atom stereocenters. The van der Waals surface area contributed by atoms with E-state index in [0.717, 1.165) is 25.7 Å². The number of aromatic carboxylic acids is 1. The molecule has 2 aromatic heterocycles. The van der Waals surface area contributed by atoms with Crippen molar-refractivity contribution in [1.82, 2.24) is 14.8 Å². The fourth-order valence-electron chi connectivity index (χ4n) is 2.51. The van der Waals surface area contributed by atoms with Gasteiger partial charge in [-0.1, -0.05) is 0 Å². The molecular weight excluding hydrogens is 287 g/mol. The summed E-state index contributed by atoms with van der Waals surface area (Å²) in [7, 11) is 0. The lowest BCUT2D eigenvalue weighted by atomic mass is 10.1. The minimum Gasteiger partial charge on any atom is -0.478 e. The third-order valence-electron chi connectivity index (χ3n) is 3.95. The fraction of sp³-hybridized carbons (Fsp3) is 0.400. The lowest BCUT2D eigenvalue weighted by Gasteiger charge is -2.10. The van der Waals surface area contributed by atoms with Crippen molar-refractivity contribution in [1.29, 1.82) is 0 Å². The molecule has 2 aliphatic rings. The van der Waals surface area contributed by atoms with Gasteiger partial charge in [-0.15, -0.1) is 0 Å². The Kier molecular flexibility index (Phi) is 2.88. The minimum atomic E-state index is -1.11. The minimum absolute atomic E-state index is 0.00972. The van der Waals surface area contributed by atoms with Gasteiger partial charge in [0.2, 0.25) is 5.95 Å². The molecule has 7 heteroatoms. The highest BCUT2D eigenvalue weighted by molar-refractivity contribution is 5.94. The topological polar surface area (TPSA) is 80.0 Å². The molecule has 114 valence electrons. The molecule has 22 heavy (non-hydrogen) atoms. The van der Waals surface area contributed by atoms with E-state index in [1.54, 1.807) is 16.8 Å². The van der Waals surface area contributed by atoms with E-state index in [1.807, 2.05) is 0 Å². The Labute approximate surface area is 126 Å². The van der Waals surface area contributed by atoms with Gasteiger partial charge in [0.25, 0.3) is 0 Å². The van der Waals surface area contributed by atoms with E-state index in [1.165, 1.54) is 6.20 Å². The summed E-state index contributed by atoms with van der Waals surface area (Å²) in [5, 5.41) is 16.6. The van der Waals surface area contributed by atoms with Crippen LogP contribution in [0.25, 0.3) is 11.3 Å². The van der Waals surface area contributed by atoms with Crippen LogP contribution in [0.1, 0.15) is 42.1 Å². The molecule has 0 radical (unpaired) electrons. The Morgan fingerprint density at radius 3 is 2.68 bits per heavy atom. The van der Waals surface area contributed by atoms with E-state index in [-0.39, 0.29) is 17.2 Å². The van der Waals surface area contributed by atoms with E-state index >= 15 is 0 Å². The number of pyridine rings is 1. The van der Waals surface area contributed by atoms with E-state index < -0.39 is 11.9 Å².